The molecule has 30 heavy (non-hydrogen) atoms. The van der Waals surface area contributed by atoms with Crippen LogP contribution in [0.15, 0.2) is 53.7 Å². The summed E-state index contributed by atoms with van der Waals surface area (Å²) in [6.07, 6.45) is 6.52. The first-order valence-corrected chi connectivity index (χ1v) is 9.87. The molecule has 5 rings (SSSR count). The summed E-state index contributed by atoms with van der Waals surface area (Å²) in [6, 6.07) is 7.06. The molecule has 0 aliphatic carbocycles. The Bertz CT molecular complexity index is 1020. The van der Waals surface area contributed by atoms with E-state index in [2.05, 4.69) is 20.0 Å². The highest BCUT2D eigenvalue weighted by molar-refractivity contribution is 5.91. The molecule has 2 fully saturated rings. The second kappa shape index (κ2) is 7.62. The van der Waals surface area contributed by atoms with Crippen LogP contribution in [0.4, 0.5) is 5.82 Å². The summed E-state index contributed by atoms with van der Waals surface area (Å²) in [7, 11) is 0. The number of amides is 2. The monoisotopic (exact) mass is 407 g/mol. The molecule has 0 saturated carbocycles. The Morgan fingerprint density at radius 2 is 1.77 bits per heavy atom. The molecule has 0 radical (unpaired) electrons. The topological polar surface area (TPSA) is 101 Å². The summed E-state index contributed by atoms with van der Waals surface area (Å²) < 4.78 is 6.86. The van der Waals surface area contributed by atoms with Gasteiger partial charge in [-0.15, -0.1) is 0 Å². The number of aromatic nitrogens is 4. The number of furan rings is 1. The highest BCUT2D eigenvalue weighted by atomic mass is 16.3. The van der Waals surface area contributed by atoms with Crippen molar-refractivity contribution in [2.45, 2.75) is 0 Å². The molecule has 0 unspecified atom stereocenters. The maximum Gasteiger partial charge on any atom is 0.289 e. The molecule has 0 bridgehead atoms. The van der Waals surface area contributed by atoms with Gasteiger partial charge in [0, 0.05) is 57.7 Å². The maximum absolute atomic E-state index is 12.8. The molecule has 5 heterocycles. The van der Waals surface area contributed by atoms with Crippen LogP contribution < -0.4 is 4.90 Å². The Kier molecular flexibility index (Phi) is 4.66. The van der Waals surface area contributed by atoms with E-state index in [9.17, 15) is 9.59 Å². The molecular weight excluding hydrogens is 386 g/mol. The van der Waals surface area contributed by atoms with Gasteiger partial charge in [0.05, 0.1) is 12.2 Å². The number of hydrogen-bond acceptors (Lipinski definition) is 7. The summed E-state index contributed by atoms with van der Waals surface area (Å²) in [6.45, 7) is 3.36. The van der Waals surface area contributed by atoms with Gasteiger partial charge in [-0.3, -0.25) is 9.59 Å². The molecule has 10 heteroatoms. The molecule has 2 saturated heterocycles. The molecule has 2 aliphatic heterocycles. The van der Waals surface area contributed by atoms with Gasteiger partial charge in [-0.25, -0.2) is 14.6 Å². The van der Waals surface area contributed by atoms with Gasteiger partial charge in [0.15, 0.2) is 11.6 Å². The summed E-state index contributed by atoms with van der Waals surface area (Å²) in [5.41, 5.74) is 0. The lowest BCUT2D eigenvalue weighted by atomic mass is 9.98. The van der Waals surface area contributed by atoms with Crippen LogP contribution in [0, 0.1) is 5.92 Å². The van der Waals surface area contributed by atoms with Crippen LogP contribution in [0.1, 0.15) is 10.6 Å². The number of carbonyl (C=O) groups excluding carboxylic acids is 2. The van der Waals surface area contributed by atoms with Crippen LogP contribution in [-0.2, 0) is 4.79 Å². The fraction of sp³-hybridized carbons (Fsp3) is 0.350. The molecule has 0 N–H and O–H groups in total. The maximum atomic E-state index is 12.8. The molecular formula is C20H21N7O3. The van der Waals surface area contributed by atoms with E-state index in [1.165, 1.54) is 12.6 Å². The standard InChI is InChI=1S/C20H21N7O3/c28-19(24-6-8-25(9-7-24)20(29)16-3-1-10-30-16)15-12-26(13-15)17-11-18(22-14-21-17)27-5-2-4-23-27/h1-5,10-11,14-15H,6-9,12-13H2. The van der Waals surface area contributed by atoms with Crippen LogP contribution in [0.3, 0.4) is 0 Å². The minimum Gasteiger partial charge on any atom is -0.459 e. The first-order chi connectivity index (χ1) is 14.7. The van der Waals surface area contributed by atoms with Gasteiger partial charge < -0.3 is 19.1 Å². The van der Waals surface area contributed by atoms with E-state index in [1.807, 2.05) is 23.2 Å². The second-order valence-corrected chi connectivity index (χ2v) is 7.38. The normalized spacial score (nSPS) is 17.1. The van der Waals surface area contributed by atoms with Crippen molar-refractivity contribution in [1.82, 2.24) is 29.5 Å². The van der Waals surface area contributed by atoms with Crippen molar-refractivity contribution in [2.75, 3.05) is 44.2 Å². The summed E-state index contributed by atoms with van der Waals surface area (Å²) in [5, 5.41) is 4.18. The highest BCUT2D eigenvalue weighted by Gasteiger charge is 2.37. The Morgan fingerprint density at radius 3 is 2.47 bits per heavy atom. The van der Waals surface area contributed by atoms with Crippen molar-refractivity contribution in [3.8, 4) is 5.82 Å². The third-order valence-electron chi connectivity index (χ3n) is 5.54. The lowest BCUT2D eigenvalue weighted by molar-refractivity contribution is -0.137. The predicted octanol–water partition coefficient (Wildman–Crippen LogP) is 0.676. The Labute approximate surface area is 172 Å². The number of anilines is 1. The van der Waals surface area contributed by atoms with E-state index in [0.717, 1.165) is 5.82 Å². The third-order valence-corrected chi connectivity index (χ3v) is 5.54. The van der Waals surface area contributed by atoms with Gasteiger partial charge >= 0.3 is 0 Å². The largest absolute Gasteiger partial charge is 0.459 e. The minimum absolute atomic E-state index is 0.0551. The van der Waals surface area contributed by atoms with Gasteiger partial charge in [-0.2, -0.15) is 5.10 Å². The first-order valence-electron chi connectivity index (χ1n) is 9.87. The zero-order chi connectivity index (χ0) is 20.5. The van der Waals surface area contributed by atoms with Crippen LogP contribution in [0.25, 0.3) is 5.82 Å². The lowest BCUT2D eigenvalue weighted by Gasteiger charge is -2.43. The molecule has 0 atom stereocenters. The summed E-state index contributed by atoms with van der Waals surface area (Å²) in [5.74, 6) is 1.77. The minimum atomic E-state index is -0.126. The Hall–Kier alpha value is -3.69. The van der Waals surface area contributed by atoms with Gasteiger partial charge in [0.1, 0.15) is 12.1 Å². The van der Waals surface area contributed by atoms with Gasteiger partial charge in [0.25, 0.3) is 5.91 Å². The fourth-order valence-corrected chi connectivity index (χ4v) is 3.81. The summed E-state index contributed by atoms with van der Waals surface area (Å²) >= 11 is 0. The molecule has 0 spiro atoms. The quantitative estimate of drug-likeness (QED) is 0.627. The van der Waals surface area contributed by atoms with E-state index in [4.69, 9.17) is 4.42 Å². The van der Waals surface area contributed by atoms with Gasteiger partial charge in [-0.1, -0.05) is 0 Å². The molecule has 0 aromatic carbocycles. The molecule has 154 valence electrons. The zero-order valence-corrected chi connectivity index (χ0v) is 16.3. The predicted molar refractivity (Wildman–Crippen MR) is 106 cm³/mol. The Balaban J connectivity index is 1.14. The van der Waals surface area contributed by atoms with Crippen molar-refractivity contribution in [2.24, 2.45) is 5.92 Å². The molecule has 10 nitrogen and oxygen atoms in total. The van der Waals surface area contributed by atoms with E-state index in [1.54, 1.807) is 27.9 Å². The van der Waals surface area contributed by atoms with E-state index < -0.39 is 0 Å². The van der Waals surface area contributed by atoms with Gasteiger partial charge in [0.2, 0.25) is 5.91 Å². The summed E-state index contributed by atoms with van der Waals surface area (Å²) in [4.78, 5) is 39.4. The van der Waals surface area contributed by atoms with Crippen LogP contribution in [0.2, 0.25) is 0 Å². The van der Waals surface area contributed by atoms with E-state index in [0.29, 0.717) is 50.8 Å². The van der Waals surface area contributed by atoms with Crippen molar-refractivity contribution in [3.63, 3.8) is 0 Å². The number of piperazine rings is 1. The molecule has 2 aliphatic rings. The van der Waals surface area contributed by atoms with Crippen molar-refractivity contribution < 1.29 is 14.0 Å². The zero-order valence-electron chi connectivity index (χ0n) is 16.3. The smallest absolute Gasteiger partial charge is 0.289 e. The molecule has 2 amide bonds. The van der Waals surface area contributed by atoms with Crippen LogP contribution in [0.5, 0.6) is 0 Å². The highest BCUT2D eigenvalue weighted by Crippen LogP contribution is 2.25. The third kappa shape index (κ3) is 3.40. The van der Waals surface area contributed by atoms with E-state index >= 15 is 0 Å². The van der Waals surface area contributed by atoms with Crippen molar-refractivity contribution in [3.05, 3.63) is 55.0 Å². The first kappa shape index (κ1) is 18.3. The lowest BCUT2D eigenvalue weighted by Crippen LogP contribution is -2.58. The number of hydrogen-bond donors (Lipinski definition) is 0. The van der Waals surface area contributed by atoms with Crippen LogP contribution >= 0.6 is 0 Å². The fourth-order valence-electron chi connectivity index (χ4n) is 3.81. The average Bonchev–Trinajstić information content (AvgIpc) is 3.47. The number of carbonyl (C=O) groups is 2. The molecule has 3 aromatic rings. The SMILES string of the molecule is O=C(c1ccco1)N1CCN(C(=O)C2CN(c3cc(-n4cccn4)ncn3)C2)CC1. The Morgan fingerprint density at radius 1 is 1.00 bits per heavy atom. The molecule has 3 aromatic heterocycles. The van der Waals surface area contributed by atoms with Gasteiger partial charge in [-0.05, 0) is 18.2 Å². The van der Waals surface area contributed by atoms with Crippen molar-refractivity contribution in [1.29, 1.82) is 0 Å². The number of rotatable bonds is 4. The second-order valence-electron chi connectivity index (χ2n) is 7.38. The van der Waals surface area contributed by atoms with Crippen molar-refractivity contribution >= 4 is 17.6 Å². The van der Waals surface area contributed by atoms with E-state index in [-0.39, 0.29) is 17.7 Å². The number of nitrogens with zero attached hydrogens (tertiary/aromatic N) is 7. The average molecular weight is 407 g/mol. The van der Waals surface area contributed by atoms with Crippen LogP contribution in [-0.4, -0.2) is 80.6 Å².